The second kappa shape index (κ2) is 12.1. The molecule has 2 amide bonds. The highest BCUT2D eigenvalue weighted by Gasteiger charge is 2.60. The van der Waals surface area contributed by atoms with Gasteiger partial charge in [0.2, 0.25) is 11.8 Å². The lowest BCUT2D eigenvalue weighted by Gasteiger charge is -2.47. The topological polar surface area (TPSA) is 84.9 Å². The number of likely N-dealkylation sites (tertiary alicyclic amines) is 1. The molecule has 0 aromatic heterocycles. The third kappa shape index (κ3) is 6.14. The van der Waals surface area contributed by atoms with Gasteiger partial charge in [0.15, 0.2) is 0 Å². The van der Waals surface area contributed by atoms with E-state index in [2.05, 4.69) is 34.5 Å². The summed E-state index contributed by atoms with van der Waals surface area (Å²) in [6.07, 6.45) is 1.86. The van der Waals surface area contributed by atoms with Crippen LogP contribution in [-0.2, 0) is 24.5 Å². The molecule has 0 radical (unpaired) electrons. The summed E-state index contributed by atoms with van der Waals surface area (Å²) in [4.78, 5) is 43.0. The molecule has 2 aliphatic rings. The van der Waals surface area contributed by atoms with Gasteiger partial charge in [-0.1, -0.05) is 48.0 Å². The van der Waals surface area contributed by atoms with E-state index in [0.29, 0.717) is 38.2 Å². The number of anilines is 1. The molecule has 0 unspecified atom stereocenters. The van der Waals surface area contributed by atoms with Gasteiger partial charge < -0.3 is 19.7 Å². The maximum atomic E-state index is 14.4. The molecule has 1 fully saturated rings. The van der Waals surface area contributed by atoms with Crippen LogP contribution in [0.15, 0.2) is 67.3 Å². The van der Waals surface area contributed by atoms with Gasteiger partial charge in [-0.2, -0.15) is 0 Å². The average Bonchev–Trinajstić information content (AvgIpc) is 3.19. The van der Waals surface area contributed by atoms with Crippen molar-refractivity contribution >= 4 is 69.3 Å². The van der Waals surface area contributed by atoms with E-state index in [1.807, 2.05) is 42.5 Å². The van der Waals surface area contributed by atoms with Crippen molar-refractivity contribution < 1.29 is 23.9 Å². The largest absolute Gasteiger partial charge is 0.489 e. The Balaban J connectivity index is 1.80. The summed E-state index contributed by atoms with van der Waals surface area (Å²) in [5.41, 5.74) is 1.23. The highest BCUT2D eigenvalue weighted by molar-refractivity contribution is 14.1. The fraction of sp³-hybridized carbons (Fsp3) is 0.303. The minimum atomic E-state index is -1.30. The number of halogens is 3. The third-order valence-corrected chi connectivity index (χ3v) is 8.64. The standard InChI is InChI=1S/C33H31Cl2IN2O5/c1-5-13-42-26-10-9-22(36)17-24(26)30-33(12-11-27(39)38(30)18-28(40)43-32(2,3)4)29-23(19-7-6-8-20(34)14-19)15-21(35)16-25(29)37-31(33)41/h5-10,14-17,30H,1,11-13,18H2,2-4H3,(H,37,41)/t30-,33-/m1/s1. The normalized spacial score (nSPS) is 19.7. The van der Waals surface area contributed by atoms with Crippen LogP contribution in [-0.4, -0.2) is 41.4 Å². The van der Waals surface area contributed by atoms with Crippen molar-refractivity contribution in [2.45, 2.75) is 50.7 Å². The lowest BCUT2D eigenvalue weighted by atomic mass is 9.65. The van der Waals surface area contributed by atoms with Gasteiger partial charge >= 0.3 is 5.97 Å². The molecular weight excluding hydrogens is 702 g/mol. The van der Waals surface area contributed by atoms with Crippen molar-refractivity contribution in [2.75, 3.05) is 18.5 Å². The average molecular weight is 733 g/mol. The first kappa shape index (κ1) is 31.3. The predicted octanol–water partition coefficient (Wildman–Crippen LogP) is 7.73. The SMILES string of the molecule is C=CCOc1ccc(I)cc1[C@H]1N(CC(=O)OC(C)(C)C)C(=O)CC[C@]12C(=O)Nc1cc(Cl)cc(-c3cccc(Cl)c3)c12. The number of hydrogen-bond donors (Lipinski definition) is 1. The van der Waals surface area contributed by atoms with Gasteiger partial charge in [0, 0.05) is 36.9 Å². The number of rotatable bonds is 7. The van der Waals surface area contributed by atoms with Crippen LogP contribution in [0.2, 0.25) is 10.0 Å². The summed E-state index contributed by atoms with van der Waals surface area (Å²) in [5, 5.41) is 4.02. The van der Waals surface area contributed by atoms with Crippen LogP contribution in [0.1, 0.15) is 50.8 Å². The Hall–Kier alpha value is -3.08. The van der Waals surface area contributed by atoms with Gasteiger partial charge in [-0.05, 0) is 103 Å². The first-order chi connectivity index (χ1) is 20.3. The Kier molecular flexibility index (Phi) is 8.84. The summed E-state index contributed by atoms with van der Waals surface area (Å²) in [6.45, 7) is 8.93. The molecule has 0 saturated carbocycles. The number of ether oxygens (including phenoxy) is 2. The molecule has 224 valence electrons. The summed E-state index contributed by atoms with van der Waals surface area (Å²) < 4.78 is 12.6. The molecule has 1 N–H and O–H groups in total. The predicted molar refractivity (Wildman–Crippen MR) is 177 cm³/mol. The second-order valence-electron chi connectivity index (χ2n) is 11.6. The van der Waals surface area contributed by atoms with Crippen LogP contribution in [0, 0.1) is 3.57 Å². The fourth-order valence-electron chi connectivity index (χ4n) is 6.05. The van der Waals surface area contributed by atoms with Gasteiger partial charge in [0.1, 0.15) is 29.9 Å². The number of esters is 1. The van der Waals surface area contributed by atoms with Crippen molar-refractivity contribution in [3.8, 4) is 16.9 Å². The number of fused-ring (bicyclic) bond motifs is 2. The van der Waals surface area contributed by atoms with Crippen molar-refractivity contribution in [3.63, 3.8) is 0 Å². The molecule has 0 bridgehead atoms. The molecule has 10 heteroatoms. The number of amides is 2. The van der Waals surface area contributed by atoms with Crippen LogP contribution in [0.4, 0.5) is 5.69 Å². The van der Waals surface area contributed by atoms with Gasteiger partial charge in [0.25, 0.3) is 0 Å². The number of piperidine rings is 1. The van der Waals surface area contributed by atoms with E-state index in [0.717, 1.165) is 9.13 Å². The van der Waals surface area contributed by atoms with Crippen molar-refractivity contribution in [2.24, 2.45) is 0 Å². The van der Waals surface area contributed by atoms with E-state index in [1.165, 1.54) is 4.90 Å². The Morgan fingerprint density at radius 3 is 2.60 bits per heavy atom. The zero-order valence-corrected chi connectivity index (χ0v) is 27.7. The smallest absolute Gasteiger partial charge is 0.326 e. The maximum Gasteiger partial charge on any atom is 0.326 e. The molecule has 2 atom stereocenters. The van der Waals surface area contributed by atoms with Crippen molar-refractivity contribution in [3.05, 3.63) is 92.0 Å². The summed E-state index contributed by atoms with van der Waals surface area (Å²) in [6, 6.07) is 15.5. The first-order valence-electron chi connectivity index (χ1n) is 13.8. The molecule has 43 heavy (non-hydrogen) atoms. The second-order valence-corrected chi connectivity index (χ2v) is 13.7. The molecular formula is C33H31Cl2IN2O5. The number of hydrogen-bond acceptors (Lipinski definition) is 5. The summed E-state index contributed by atoms with van der Waals surface area (Å²) in [5.74, 6) is -0.664. The van der Waals surface area contributed by atoms with E-state index in [1.54, 1.807) is 39.0 Å². The van der Waals surface area contributed by atoms with Crippen LogP contribution < -0.4 is 10.1 Å². The van der Waals surface area contributed by atoms with E-state index in [9.17, 15) is 14.4 Å². The highest BCUT2D eigenvalue weighted by Crippen LogP contribution is 2.58. The Morgan fingerprint density at radius 2 is 1.91 bits per heavy atom. The maximum absolute atomic E-state index is 14.4. The molecule has 1 saturated heterocycles. The van der Waals surface area contributed by atoms with Crippen LogP contribution >= 0.6 is 45.8 Å². The van der Waals surface area contributed by atoms with Gasteiger partial charge in [-0.15, -0.1) is 0 Å². The van der Waals surface area contributed by atoms with Crippen molar-refractivity contribution in [1.29, 1.82) is 0 Å². The Labute approximate surface area is 274 Å². The number of carbonyl (C=O) groups excluding carboxylic acids is 3. The fourth-order valence-corrected chi connectivity index (χ4v) is 6.97. The molecule has 7 nitrogen and oxygen atoms in total. The lowest BCUT2D eigenvalue weighted by molar-refractivity contribution is -0.163. The number of nitrogens with zero attached hydrogens (tertiary/aromatic N) is 1. The van der Waals surface area contributed by atoms with Crippen molar-refractivity contribution in [1.82, 2.24) is 4.90 Å². The molecule has 2 heterocycles. The molecule has 3 aromatic rings. The van der Waals surface area contributed by atoms with E-state index in [4.69, 9.17) is 32.7 Å². The summed E-state index contributed by atoms with van der Waals surface area (Å²) >= 11 is 15.2. The van der Waals surface area contributed by atoms with Gasteiger partial charge in [0.05, 0.1) is 6.04 Å². The lowest BCUT2D eigenvalue weighted by Crippen LogP contribution is -2.56. The molecule has 5 rings (SSSR count). The molecule has 0 aliphatic carbocycles. The van der Waals surface area contributed by atoms with E-state index >= 15 is 0 Å². The number of carbonyl (C=O) groups is 3. The van der Waals surface area contributed by atoms with E-state index in [-0.39, 0.29) is 37.8 Å². The highest BCUT2D eigenvalue weighted by atomic mass is 127. The zero-order valence-electron chi connectivity index (χ0n) is 24.0. The number of nitrogens with one attached hydrogen (secondary N) is 1. The Morgan fingerprint density at radius 1 is 1.14 bits per heavy atom. The zero-order chi connectivity index (χ0) is 31.1. The molecule has 3 aromatic carbocycles. The first-order valence-corrected chi connectivity index (χ1v) is 15.6. The van der Waals surface area contributed by atoms with Crippen LogP contribution in [0.25, 0.3) is 11.1 Å². The van der Waals surface area contributed by atoms with E-state index < -0.39 is 23.0 Å². The number of benzene rings is 3. The Bertz CT molecular complexity index is 1640. The summed E-state index contributed by atoms with van der Waals surface area (Å²) in [7, 11) is 0. The van der Waals surface area contributed by atoms with Gasteiger partial charge in [-0.3, -0.25) is 14.4 Å². The van der Waals surface area contributed by atoms with Crippen LogP contribution in [0.5, 0.6) is 5.75 Å². The molecule has 1 spiro atoms. The minimum absolute atomic E-state index is 0.0382. The quantitative estimate of drug-likeness (QED) is 0.153. The monoisotopic (exact) mass is 732 g/mol. The minimum Gasteiger partial charge on any atom is -0.489 e. The van der Waals surface area contributed by atoms with Gasteiger partial charge in [-0.25, -0.2) is 0 Å². The third-order valence-electron chi connectivity index (χ3n) is 7.51. The van der Waals surface area contributed by atoms with Crippen LogP contribution in [0.3, 0.4) is 0 Å². The molecule has 2 aliphatic heterocycles.